The fraction of sp³-hybridized carbons (Fsp3) is 0.657. The van der Waals surface area contributed by atoms with Gasteiger partial charge in [-0.25, -0.2) is 0 Å². The molecule has 0 aliphatic carbocycles. The lowest BCUT2D eigenvalue weighted by atomic mass is 9.95. The van der Waals surface area contributed by atoms with Crippen LogP contribution in [-0.2, 0) is 19.2 Å². The molecule has 2 heterocycles. The molecule has 47 heavy (non-hydrogen) atoms. The van der Waals surface area contributed by atoms with E-state index in [0.717, 1.165) is 51.4 Å². The van der Waals surface area contributed by atoms with Crippen molar-refractivity contribution < 1.29 is 28.8 Å². The summed E-state index contributed by atoms with van der Waals surface area (Å²) in [6.45, 7) is 5.47. The first-order valence-corrected chi connectivity index (χ1v) is 17.4. The molecule has 12 heteroatoms. The molecule has 1 aromatic carbocycles. The largest absolute Gasteiger partial charge is 0.369 e. The quantitative estimate of drug-likeness (QED) is 0.205. The number of likely N-dealkylation sites (tertiary alicyclic amines) is 1. The number of hydrogen-bond acceptors (Lipinski definition) is 6. The summed E-state index contributed by atoms with van der Waals surface area (Å²) in [6, 6.07) is 5.36. The zero-order valence-corrected chi connectivity index (χ0v) is 28.2. The monoisotopic (exact) mass is 654 g/mol. The van der Waals surface area contributed by atoms with Crippen molar-refractivity contribution in [3.63, 3.8) is 0 Å². The third kappa shape index (κ3) is 10.8. The minimum absolute atomic E-state index is 0.00744. The Morgan fingerprint density at radius 3 is 1.68 bits per heavy atom. The molecular weight excluding hydrogens is 600 g/mol. The topological polar surface area (TPSA) is 176 Å². The minimum Gasteiger partial charge on any atom is -0.369 e. The molecule has 0 aromatic heterocycles. The molecule has 2 fully saturated rings. The molecule has 3 rings (SSSR count). The number of amides is 6. The third-order valence-electron chi connectivity index (χ3n) is 9.33. The van der Waals surface area contributed by atoms with Crippen molar-refractivity contribution in [3.05, 3.63) is 35.4 Å². The average Bonchev–Trinajstić information content (AvgIpc) is 3.53. The summed E-state index contributed by atoms with van der Waals surface area (Å²) in [5.74, 6) is -4.07. The first-order valence-electron chi connectivity index (χ1n) is 17.4. The Bertz CT molecular complexity index is 1220. The molecule has 6 amide bonds. The maximum absolute atomic E-state index is 13.6. The third-order valence-corrected chi connectivity index (χ3v) is 9.33. The number of nitrogens with one attached hydrogen (secondary N) is 1. The zero-order chi connectivity index (χ0) is 34.3. The van der Waals surface area contributed by atoms with E-state index in [9.17, 15) is 28.8 Å². The predicted molar refractivity (Wildman–Crippen MR) is 179 cm³/mol. The molecule has 0 spiro atoms. The van der Waals surface area contributed by atoms with Crippen LogP contribution in [0.25, 0.3) is 0 Å². The number of primary amides is 2. The van der Waals surface area contributed by atoms with Crippen molar-refractivity contribution >= 4 is 35.4 Å². The van der Waals surface area contributed by atoms with Crippen LogP contribution < -0.4 is 16.8 Å². The predicted octanol–water partition coefficient (Wildman–Crippen LogP) is 2.84. The zero-order valence-electron chi connectivity index (χ0n) is 28.2. The Morgan fingerprint density at radius 1 is 0.660 bits per heavy atom. The Labute approximate surface area is 278 Å². The Morgan fingerprint density at radius 2 is 1.15 bits per heavy atom. The lowest BCUT2D eigenvalue weighted by molar-refractivity contribution is -0.143. The summed E-state index contributed by atoms with van der Waals surface area (Å²) < 4.78 is 0. The molecule has 1 aromatic rings. The van der Waals surface area contributed by atoms with Crippen LogP contribution in [0.5, 0.6) is 0 Å². The van der Waals surface area contributed by atoms with Gasteiger partial charge in [0.05, 0.1) is 18.4 Å². The van der Waals surface area contributed by atoms with Gasteiger partial charge in [-0.15, -0.1) is 0 Å². The number of piperazine rings is 1. The van der Waals surface area contributed by atoms with Gasteiger partial charge in [0.25, 0.3) is 11.8 Å². The van der Waals surface area contributed by atoms with Crippen LogP contribution in [0, 0.1) is 11.8 Å². The highest BCUT2D eigenvalue weighted by Crippen LogP contribution is 2.25. The molecule has 2 aliphatic rings. The minimum atomic E-state index is -0.847. The van der Waals surface area contributed by atoms with Gasteiger partial charge in [-0.05, 0) is 37.1 Å². The number of benzene rings is 1. The summed E-state index contributed by atoms with van der Waals surface area (Å²) in [5.41, 5.74) is 11.5. The smallest absolute Gasteiger partial charge is 0.253 e. The van der Waals surface area contributed by atoms with Crippen molar-refractivity contribution in [2.75, 3.05) is 39.3 Å². The van der Waals surface area contributed by atoms with E-state index >= 15 is 0 Å². The number of unbranched alkanes of at least 4 members (excludes halogenated alkanes) is 9. The standard InChI is InChI=1S/C35H54N6O6/c1-3-5-7-9-11-13-19-38-33(45)29-24-39(20-21-41(29)30(42)14-12-10-8-6-4-2)34(46)25-15-17-26(18-16-25)35(47)40-22-27(31(36)43)28(23-40)32(37)44/h15-18,27-29H,3-14,19-24H2,1-2H3,(H2,36,43)(H2,37,44)(H,38,45)/t27-,28-,29?/m1/s1. The SMILES string of the molecule is CCCCCCCCNC(=O)C1CN(C(=O)c2ccc(C(=O)N3C[C@@H](C(N)=O)[C@H](C(N)=O)C3)cc2)CCN1C(=O)CCCCCCC. The highest BCUT2D eigenvalue weighted by Gasteiger charge is 2.42. The highest BCUT2D eigenvalue weighted by atomic mass is 16.2. The number of rotatable bonds is 18. The average molecular weight is 655 g/mol. The molecule has 1 unspecified atom stereocenters. The van der Waals surface area contributed by atoms with Crippen LogP contribution in [-0.4, -0.2) is 95.5 Å². The Kier molecular flexibility index (Phi) is 15.2. The first kappa shape index (κ1) is 37.5. The van der Waals surface area contributed by atoms with Gasteiger partial charge in [0, 0.05) is 50.3 Å². The van der Waals surface area contributed by atoms with Crippen molar-refractivity contribution in [1.29, 1.82) is 0 Å². The van der Waals surface area contributed by atoms with Gasteiger partial charge in [0.1, 0.15) is 6.04 Å². The number of hydrogen-bond donors (Lipinski definition) is 3. The van der Waals surface area contributed by atoms with Crippen molar-refractivity contribution in [2.24, 2.45) is 23.3 Å². The molecule has 2 aliphatic heterocycles. The number of carbonyl (C=O) groups is 6. The van der Waals surface area contributed by atoms with Crippen molar-refractivity contribution in [2.45, 2.75) is 96.9 Å². The highest BCUT2D eigenvalue weighted by molar-refractivity contribution is 5.99. The van der Waals surface area contributed by atoms with Crippen molar-refractivity contribution in [1.82, 2.24) is 20.0 Å². The molecule has 5 N–H and O–H groups in total. The number of nitrogens with zero attached hydrogens (tertiary/aromatic N) is 3. The second-order valence-electron chi connectivity index (χ2n) is 12.9. The van der Waals surface area contributed by atoms with E-state index in [1.165, 1.54) is 36.3 Å². The second-order valence-corrected chi connectivity index (χ2v) is 12.9. The number of nitrogens with two attached hydrogens (primary N) is 2. The normalized spacial score (nSPS) is 19.4. The van der Waals surface area contributed by atoms with Gasteiger partial charge in [-0.3, -0.25) is 28.8 Å². The molecular formula is C35H54N6O6. The van der Waals surface area contributed by atoms with Crippen LogP contribution in [0.15, 0.2) is 24.3 Å². The van der Waals surface area contributed by atoms with Crippen LogP contribution in [0.2, 0.25) is 0 Å². The maximum atomic E-state index is 13.6. The van der Waals surface area contributed by atoms with Crippen LogP contribution in [0.4, 0.5) is 0 Å². The summed E-state index contributed by atoms with van der Waals surface area (Å²) in [4.78, 5) is 81.5. The van der Waals surface area contributed by atoms with E-state index < -0.39 is 35.6 Å². The summed E-state index contributed by atoms with van der Waals surface area (Å²) in [7, 11) is 0. The maximum Gasteiger partial charge on any atom is 0.253 e. The van der Waals surface area contributed by atoms with Gasteiger partial charge < -0.3 is 31.5 Å². The number of carbonyl (C=O) groups excluding carboxylic acids is 6. The summed E-state index contributed by atoms with van der Waals surface area (Å²) >= 11 is 0. The first-order chi connectivity index (χ1) is 22.6. The van der Waals surface area contributed by atoms with Gasteiger partial charge in [-0.2, -0.15) is 0 Å². The van der Waals surface area contributed by atoms with E-state index in [1.54, 1.807) is 21.9 Å². The van der Waals surface area contributed by atoms with Crippen LogP contribution in [0.1, 0.15) is 112 Å². The molecule has 260 valence electrons. The van der Waals surface area contributed by atoms with E-state index in [0.29, 0.717) is 25.1 Å². The molecule has 0 radical (unpaired) electrons. The van der Waals surface area contributed by atoms with Gasteiger partial charge >= 0.3 is 0 Å². The van der Waals surface area contributed by atoms with Gasteiger partial charge in [-0.1, -0.05) is 71.6 Å². The molecule has 12 nitrogen and oxygen atoms in total. The van der Waals surface area contributed by atoms with Crippen LogP contribution in [0.3, 0.4) is 0 Å². The lowest BCUT2D eigenvalue weighted by Crippen LogP contribution is -2.61. The summed E-state index contributed by atoms with van der Waals surface area (Å²) in [6.07, 6.45) is 12.1. The molecule has 0 saturated carbocycles. The molecule has 0 bridgehead atoms. The fourth-order valence-corrected chi connectivity index (χ4v) is 6.42. The molecule has 3 atom stereocenters. The summed E-state index contributed by atoms with van der Waals surface area (Å²) in [5, 5.41) is 3.01. The second kappa shape index (κ2) is 19.0. The Balaban J connectivity index is 1.64. The molecule has 2 saturated heterocycles. The van der Waals surface area contributed by atoms with Crippen molar-refractivity contribution in [3.8, 4) is 0 Å². The Hall–Kier alpha value is -3.96. The van der Waals surface area contributed by atoms with E-state index in [4.69, 9.17) is 11.5 Å². The van der Waals surface area contributed by atoms with Crippen LogP contribution >= 0.6 is 0 Å². The van der Waals surface area contributed by atoms with E-state index in [-0.39, 0.29) is 49.5 Å². The van der Waals surface area contributed by atoms with E-state index in [2.05, 4.69) is 19.2 Å². The van der Waals surface area contributed by atoms with Gasteiger partial charge in [0.15, 0.2) is 0 Å². The lowest BCUT2D eigenvalue weighted by Gasteiger charge is -2.40. The fourth-order valence-electron chi connectivity index (χ4n) is 6.42. The van der Waals surface area contributed by atoms with E-state index in [1.807, 2.05) is 0 Å². The van der Waals surface area contributed by atoms with Gasteiger partial charge in [0.2, 0.25) is 23.6 Å².